The largest absolute Gasteiger partial charge is 0.337 e. The average Bonchev–Trinajstić information content (AvgIpc) is 2.74. The topological polar surface area (TPSA) is 87.9 Å². The molecular weight excluding hydrogens is 258 g/mol. The molecule has 2 aromatic rings. The first kappa shape index (κ1) is 14.4. The summed E-state index contributed by atoms with van der Waals surface area (Å²) in [7, 11) is 2.00. The van der Waals surface area contributed by atoms with Crippen LogP contribution in [0.3, 0.4) is 0 Å². The van der Waals surface area contributed by atoms with E-state index in [2.05, 4.69) is 45.8 Å². The Morgan fingerprint density at radius 1 is 1.40 bits per heavy atom. The zero-order chi connectivity index (χ0) is 14.8. The van der Waals surface area contributed by atoms with E-state index in [1.807, 2.05) is 7.05 Å². The fourth-order valence-electron chi connectivity index (χ4n) is 2.01. The maximum atomic E-state index is 11.2. The zero-order valence-corrected chi connectivity index (χ0v) is 12.2. The number of H-pyrrole nitrogens is 1. The molecule has 0 aromatic carbocycles. The van der Waals surface area contributed by atoms with E-state index in [0.29, 0.717) is 24.0 Å². The van der Waals surface area contributed by atoms with Gasteiger partial charge < -0.3 is 9.51 Å². The molecule has 0 saturated carbocycles. The fourth-order valence-corrected chi connectivity index (χ4v) is 2.01. The zero-order valence-electron chi connectivity index (χ0n) is 12.2. The quantitative estimate of drug-likeness (QED) is 0.906. The second-order valence-electron chi connectivity index (χ2n) is 6.04. The molecule has 1 N–H and O–H groups in total. The first-order chi connectivity index (χ1) is 9.33. The number of rotatable bonds is 4. The van der Waals surface area contributed by atoms with E-state index in [0.717, 1.165) is 6.54 Å². The Labute approximate surface area is 117 Å². The Kier molecular flexibility index (Phi) is 3.99. The Balaban J connectivity index is 2.08. The smallest absolute Gasteiger partial charge is 0.251 e. The fraction of sp³-hybridized carbons (Fsp3) is 0.538. The standard InChI is InChI=1S/C13H19N5O2/c1-13(2,3)7-18(4)6-11-16-12(17-20-11)9-5-10(19)15-8-14-9/h5,8H,6-7H2,1-4H3,(H,14,15,19). The highest BCUT2D eigenvalue weighted by molar-refractivity contribution is 5.46. The van der Waals surface area contributed by atoms with Gasteiger partial charge in [-0.15, -0.1) is 0 Å². The number of hydrogen-bond donors (Lipinski definition) is 1. The van der Waals surface area contributed by atoms with E-state index < -0.39 is 0 Å². The van der Waals surface area contributed by atoms with Crippen molar-refractivity contribution in [1.82, 2.24) is 25.0 Å². The van der Waals surface area contributed by atoms with Gasteiger partial charge in [-0.25, -0.2) is 4.98 Å². The van der Waals surface area contributed by atoms with Gasteiger partial charge in [0.25, 0.3) is 5.56 Å². The van der Waals surface area contributed by atoms with E-state index in [-0.39, 0.29) is 11.0 Å². The molecule has 108 valence electrons. The van der Waals surface area contributed by atoms with Gasteiger partial charge in [-0.3, -0.25) is 9.69 Å². The number of nitrogens with one attached hydrogen (secondary N) is 1. The van der Waals surface area contributed by atoms with Crippen LogP contribution in [-0.2, 0) is 6.54 Å². The molecule has 0 aliphatic heterocycles. The van der Waals surface area contributed by atoms with Gasteiger partial charge in [0, 0.05) is 12.6 Å². The lowest BCUT2D eigenvalue weighted by molar-refractivity contribution is 0.198. The third-order valence-electron chi connectivity index (χ3n) is 2.52. The Bertz CT molecular complexity index is 626. The van der Waals surface area contributed by atoms with Crippen LogP contribution in [0.1, 0.15) is 26.7 Å². The summed E-state index contributed by atoms with van der Waals surface area (Å²) in [5.41, 5.74) is 0.361. The van der Waals surface area contributed by atoms with Crippen LogP contribution in [0.2, 0.25) is 0 Å². The lowest BCUT2D eigenvalue weighted by atomic mass is 9.96. The second kappa shape index (κ2) is 5.54. The lowest BCUT2D eigenvalue weighted by Crippen LogP contribution is -2.28. The molecule has 7 heteroatoms. The van der Waals surface area contributed by atoms with Crippen molar-refractivity contribution in [2.45, 2.75) is 27.3 Å². The summed E-state index contributed by atoms with van der Waals surface area (Å²) in [6, 6.07) is 1.34. The molecule has 0 spiro atoms. The van der Waals surface area contributed by atoms with E-state index in [1.54, 1.807) is 0 Å². The minimum Gasteiger partial charge on any atom is -0.337 e. The molecule has 0 bridgehead atoms. The predicted octanol–water partition coefficient (Wildman–Crippen LogP) is 1.30. The maximum absolute atomic E-state index is 11.2. The molecule has 7 nitrogen and oxygen atoms in total. The molecular formula is C13H19N5O2. The van der Waals surface area contributed by atoms with E-state index in [9.17, 15) is 4.79 Å². The first-order valence-electron chi connectivity index (χ1n) is 6.40. The molecule has 0 radical (unpaired) electrons. The van der Waals surface area contributed by atoms with Crippen molar-refractivity contribution in [3.8, 4) is 11.5 Å². The van der Waals surface area contributed by atoms with Crippen LogP contribution >= 0.6 is 0 Å². The van der Waals surface area contributed by atoms with E-state index >= 15 is 0 Å². The van der Waals surface area contributed by atoms with Crippen molar-refractivity contribution >= 4 is 0 Å². The monoisotopic (exact) mass is 277 g/mol. The maximum Gasteiger partial charge on any atom is 0.251 e. The highest BCUT2D eigenvalue weighted by atomic mass is 16.5. The molecule has 0 saturated heterocycles. The lowest BCUT2D eigenvalue weighted by Gasteiger charge is -2.25. The normalized spacial score (nSPS) is 12.1. The number of aromatic nitrogens is 4. The van der Waals surface area contributed by atoms with Crippen LogP contribution in [0.25, 0.3) is 11.5 Å². The van der Waals surface area contributed by atoms with Gasteiger partial charge in [0.1, 0.15) is 5.69 Å². The molecule has 20 heavy (non-hydrogen) atoms. The molecule has 0 amide bonds. The molecule has 0 aliphatic rings. The van der Waals surface area contributed by atoms with Crippen LogP contribution in [-0.4, -0.2) is 38.6 Å². The molecule has 0 atom stereocenters. The molecule has 0 unspecified atom stereocenters. The van der Waals surface area contributed by atoms with Gasteiger partial charge in [0.05, 0.1) is 12.9 Å². The van der Waals surface area contributed by atoms with Crippen molar-refractivity contribution in [3.05, 3.63) is 28.6 Å². The summed E-state index contributed by atoms with van der Waals surface area (Å²) < 4.78 is 5.19. The van der Waals surface area contributed by atoms with Crippen molar-refractivity contribution < 1.29 is 4.52 Å². The van der Waals surface area contributed by atoms with Crippen LogP contribution in [0.15, 0.2) is 21.7 Å². The highest BCUT2D eigenvalue weighted by Gasteiger charge is 2.16. The summed E-state index contributed by atoms with van der Waals surface area (Å²) in [6.07, 6.45) is 1.32. The SMILES string of the molecule is CN(Cc1nc(-c2cc(=O)[nH]cn2)no1)CC(C)(C)C. The van der Waals surface area contributed by atoms with Gasteiger partial charge >= 0.3 is 0 Å². The van der Waals surface area contributed by atoms with Crippen molar-refractivity contribution in [2.75, 3.05) is 13.6 Å². The van der Waals surface area contributed by atoms with Crippen LogP contribution in [0, 0.1) is 5.41 Å². The van der Waals surface area contributed by atoms with Gasteiger partial charge in [-0.2, -0.15) is 4.98 Å². The van der Waals surface area contributed by atoms with Gasteiger partial charge in [0.15, 0.2) is 0 Å². The molecule has 2 aromatic heterocycles. The van der Waals surface area contributed by atoms with Crippen molar-refractivity contribution in [2.24, 2.45) is 5.41 Å². The summed E-state index contributed by atoms with van der Waals surface area (Å²) in [5, 5.41) is 3.85. The van der Waals surface area contributed by atoms with Crippen LogP contribution < -0.4 is 5.56 Å². The minimum absolute atomic E-state index is 0.200. The third kappa shape index (κ3) is 3.99. The Morgan fingerprint density at radius 2 is 2.15 bits per heavy atom. The number of hydrogen-bond acceptors (Lipinski definition) is 6. The highest BCUT2D eigenvalue weighted by Crippen LogP contribution is 2.16. The second-order valence-corrected chi connectivity index (χ2v) is 6.04. The number of nitrogens with zero attached hydrogens (tertiary/aromatic N) is 4. The third-order valence-corrected chi connectivity index (χ3v) is 2.52. The van der Waals surface area contributed by atoms with E-state index in [1.165, 1.54) is 12.4 Å². The van der Waals surface area contributed by atoms with Gasteiger partial charge in [-0.1, -0.05) is 25.9 Å². The van der Waals surface area contributed by atoms with E-state index in [4.69, 9.17) is 4.52 Å². The van der Waals surface area contributed by atoms with Crippen molar-refractivity contribution in [3.63, 3.8) is 0 Å². The van der Waals surface area contributed by atoms with Crippen LogP contribution in [0.4, 0.5) is 0 Å². The molecule has 2 heterocycles. The number of aromatic amines is 1. The minimum atomic E-state index is -0.244. The molecule has 0 aliphatic carbocycles. The summed E-state index contributed by atoms with van der Waals surface area (Å²) in [4.78, 5) is 24.0. The first-order valence-corrected chi connectivity index (χ1v) is 6.40. The Hall–Kier alpha value is -2.02. The predicted molar refractivity (Wildman–Crippen MR) is 73.9 cm³/mol. The molecule has 0 fully saturated rings. The average molecular weight is 277 g/mol. The van der Waals surface area contributed by atoms with Crippen LogP contribution in [0.5, 0.6) is 0 Å². The summed E-state index contributed by atoms with van der Waals surface area (Å²) >= 11 is 0. The van der Waals surface area contributed by atoms with Gasteiger partial charge in [-0.05, 0) is 12.5 Å². The summed E-state index contributed by atoms with van der Waals surface area (Å²) in [5.74, 6) is 0.837. The summed E-state index contributed by atoms with van der Waals surface area (Å²) in [6.45, 7) is 7.98. The molecule has 2 rings (SSSR count). The van der Waals surface area contributed by atoms with Gasteiger partial charge in [0.2, 0.25) is 11.7 Å². The Morgan fingerprint density at radius 3 is 2.80 bits per heavy atom. The van der Waals surface area contributed by atoms with Crippen molar-refractivity contribution in [1.29, 1.82) is 0 Å².